The van der Waals surface area contributed by atoms with Gasteiger partial charge in [-0.25, -0.2) is 4.98 Å². The molecule has 0 atom stereocenters. The number of fused-ring (bicyclic) bond motifs is 1. The van der Waals surface area contributed by atoms with Crippen LogP contribution in [0.4, 0.5) is 0 Å². The Labute approximate surface area is 167 Å². The topological polar surface area (TPSA) is 60.7 Å². The van der Waals surface area contributed by atoms with Crippen molar-refractivity contribution < 1.29 is 14.4 Å². The second-order valence-corrected chi connectivity index (χ2v) is 6.19. The van der Waals surface area contributed by atoms with Crippen LogP contribution in [0.3, 0.4) is 0 Å². The molecule has 4 aromatic rings. The number of nitrogens with zero attached hydrogens (tertiary/aromatic N) is 4. The Bertz CT molecular complexity index is 1430. The molecule has 0 N–H and O–H groups in total. The van der Waals surface area contributed by atoms with Crippen molar-refractivity contribution in [2.75, 3.05) is 0 Å². The van der Waals surface area contributed by atoms with Crippen LogP contribution < -0.4 is 0 Å². The zero-order valence-corrected chi connectivity index (χ0v) is 14.8. The van der Waals surface area contributed by atoms with Gasteiger partial charge >= 0.3 is 0 Å². The lowest BCUT2D eigenvalue weighted by atomic mass is 10.0. The third-order valence-corrected chi connectivity index (χ3v) is 4.39. The molecule has 5 heteroatoms. The van der Waals surface area contributed by atoms with Gasteiger partial charge < -0.3 is 4.57 Å². The van der Waals surface area contributed by atoms with Crippen LogP contribution in [0, 0.1) is 13.8 Å². The highest BCUT2D eigenvalue weighted by Gasteiger charge is 2.11. The summed E-state index contributed by atoms with van der Waals surface area (Å²) in [5, 5.41) is 1.53. The average molecular weight is 363 g/mol. The van der Waals surface area contributed by atoms with Crippen molar-refractivity contribution in [3.05, 3.63) is 77.5 Å². The third kappa shape index (κ3) is 3.36. The number of ketones is 1. The first-order valence-electron chi connectivity index (χ1n) is 11.8. The van der Waals surface area contributed by atoms with Crippen molar-refractivity contribution in [2.24, 2.45) is 7.05 Å². The number of aromatic nitrogens is 4. The highest BCUT2D eigenvalue weighted by Crippen LogP contribution is 2.23. The maximum Gasteiger partial charge on any atom is 0.168 e. The second-order valence-electron chi connectivity index (χ2n) is 6.19. The number of Topliss-reactive ketones (excluding diaryl/α,β-unsaturated/α-hetero) is 1. The first-order chi connectivity index (χ1) is 15.9. The minimum atomic E-state index is -2.83. The average Bonchev–Trinajstić information content (AvgIpc) is 3.09. The molecule has 134 valence electrons. The SMILES string of the molecule is [2H]c1c([2H])c(C([2H])([2H])[2H])c([2H])c([2H])c1C(=O)Cc1cc2cc(-c3cnc(C)n3C)ncc2cn1. The molecule has 0 spiro atoms. The fourth-order valence-corrected chi connectivity index (χ4v) is 2.77. The third-order valence-electron chi connectivity index (χ3n) is 4.39. The molecule has 0 aliphatic heterocycles. The molecule has 4 rings (SSSR count). The summed E-state index contributed by atoms with van der Waals surface area (Å²) in [5.41, 5.74) is 0.734. The first kappa shape index (κ1) is 10.7. The van der Waals surface area contributed by atoms with E-state index in [1.807, 2.05) is 24.6 Å². The van der Waals surface area contributed by atoms with E-state index in [4.69, 9.17) is 9.60 Å². The maximum atomic E-state index is 13.0. The fourth-order valence-electron chi connectivity index (χ4n) is 2.77. The van der Waals surface area contributed by atoms with Gasteiger partial charge in [-0.05, 0) is 31.3 Å². The lowest BCUT2D eigenvalue weighted by Crippen LogP contribution is -2.05. The molecule has 0 amide bonds. The van der Waals surface area contributed by atoms with Crippen LogP contribution in [-0.4, -0.2) is 25.3 Å². The van der Waals surface area contributed by atoms with Crippen molar-refractivity contribution in [1.82, 2.24) is 19.5 Å². The number of hydrogen-bond donors (Lipinski definition) is 0. The van der Waals surface area contributed by atoms with Crippen molar-refractivity contribution in [1.29, 1.82) is 0 Å². The van der Waals surface area contributed by atoms with Crippen LogP contribution >= 0.6 is 0 Å². The molecule has 0 saturated heterocycles. The van der Waals surface area contributed by atoms with E-state index in [1.165, 1.54) is 0 Å². The predicted molar refractivity (Wildman–Crippen MR) is 106 cm³/mol. The van der Waals surface area contributed by atoms with Crippen LogP contribution in [-0.2, 0) is 13.5 Å². The molecule has 0 saturated carbocycles. The smallest absolute Gasteiger partial charge is 0.168 e. The van der Waals surface area contributed by atoms with Crippen molar-refractivity contribution in [3.63, 3.8) is 0 Å². The van der Waals surface area contributed by atoms with Crippen molar-refractivity contribution in [2.45, 2.75) is 20.2 Å². The zero-order chi connectivity index (χ0) is 24.9. The van der Waals surface area contributed by atoms with Gasteiger partial charge in [0.25, 0.3) is 0 Å². The van der Waals surface area contributed by atoms with Crippen LogP contribution in [0.25, 0.3) is 22.2 Å². The van der Waals surface area contributed by atoms with Gasteiger partial charge in [-0.15, -0.1) is 0 Å². The molecule has 0 radical (unpaired) electrons. The summed E-state index contributed by atoms with van der Waals surface area (Å²) in [6.45, 7) is -0.951. The van der Waals surface area contributed by atoms with Gasteiger partial charge in [-0.2, -0.15) is 0 Å². The van der Waals surface area contributed by atoms with Gasteiger partial charge in [-0.1, -0.05) is 29.7 Å². The maximum absolute atomic E-state index is 13.0. The van der Waals surface area contributed by atoms with Crippen LogP contribution in [0.5, 0.6) is 0 Å². The quantitative estimate of drug-likeness (QED) is 0.513. The summed E-state index contributed by atoms with van der Waals surface area (Å²) in [6, 6.07) is 0.736. The largest absolute Gasteiger partial charge is 0.330 e. The molecule has 27 heavy (non-hydrogen) atoms. The van der Waals surface area contributed by atoms with E-state index >= 15 is 0 Å². The fraction of sp³-hybridized carbons (Fsp3) is 0.182. The molecule has 0 unspecified atom stereocenters. The summed E-state index contributed by atoms with van der Waals surface area (Å²) in [5.74, 6) is 0.153. The molecule has 5 nitrogen and oxygen atoms in total. The van der Waals surface area contributed by atoms with Crippen molar-refractivity contribution >= 4 is 16.6 Å². The minimum absolute atomic E-state index is 0.276. The lowest BCUT2D eigenvalue weighted by molar-refractivity contribution is 0.0992. The van der Waals surface area contributed by atoms with Crippen LogP contribution in [0.1, 0.15) is 37.0 Å². The molecule has 0 aliphatic carbocycles. The van der Waals surface area contributed by atoms with Crippen LogP contribution in [0.15, 0.2) is 54.9 Å². The number of carbonyl (C=O) groups excluding carboxylic acids is 1. The van der Waals surface area contributed by atoms with Gasteiger partial charge in [0.05, 0.1) is 29.5 Å². The highest BCUT2D eigenvalue weighted by atomic mass is 16.1. The Hall–Kier alpha value is -3.34. The number of hydrogen-bond acceptors (Lipinski definition) is 4. The Balaban J connectivity index is 1.72. The van der Waals surface area contributed by atoms with E-state index < -0.39 is 47.9 Å². The summed E-state index contributed by atoms with van der Waals surface area (Å²) < 4.78 is 56.7. The molecular weight excluding hydrogens is 336 g/mol. The summed E-state index contributed by atoms with van der Waals surface area (Å²) in [7, 11) is 1.88. The Morgan fingerprint density at radius 1 is 1.07 bits per heavy atom. The van der Waals surface area contributed by atoms with E-state index in [1.54, 1.807) is 24.7 Å². The summed E-state index contributed by atoms with van der Waals surface area (Å²) in [6.07, 6.45) is 4.68. The summed E-state index contributed by atoms with van der Waals surface area (Å²) >= 11 is 0. The molecule has 3 heterocycles. The van der Waals surface area contributed by atoms with Gasteiger partial charge in [0.2, 0.25) is 0 Å². The monoisotopic (exact) mass is 363 g/mol. The summed E-state index contributed by atoms with van der Waals surface area (Å²) in [4.78, 5) is 26.0. The molecule has 1 aromatic carbocycles. The number of imidazole rings is 1. The number of rotatable bonds is 4. The van der Waals surface area contributed by atoms with E-state index in [9.17, 15) is 4.79 Å². The second kappa shape index (κ2) is 6.76. The van der Waals surface area contributed by atoms with E-state index in [2.05, 4.69) is 15.0 Å². The number of carbonyl (C=O) groups is 1. The standard InChI is InChI=1S/C22H20N4O/c1-14-4-6-16(7-5-14)22(27)10-19-8-17-9-20(25-12-18(17)11-24-19)21-13-23-15(2)26(21)3/h4-9,11-13H,10H2,1-3H3/i1D3,4D,5D,6D,7D. The Kier molecular flexibility index (Phi) is 2.68. The zero-order valence-electron chi connectivity index (χ0n) is 21.8. The molecule has 3 aromatic heterocycles. The number of pyridine rings is 2. The Morgan fingerprint density at radius 3 is 2.56 bits per heavy atom. The number of benzene rings is 1. The minimum Gasteiger partial charge on any atom is -0.330 e. The highest BCUT2D eigenvalue weighted by molar-refractivity contribution is 5.97. The predicted octanol–water partition coefficient (Wildman–Crippen LogP) is 4.07. The van der Waals surface area contributed by atoms with E-state index in [0.717, 1.165) is 22.3 Å². The van der Waals surface area contributed by atoms with Gasteiger partial charge in [0.1, 0.15) is 5.82 Å². The molecular formula is C22H20N4O. The first-order valence-corrected chi connectivity index (χ1v) is 8.27. The van der Waals surface area contributed by atoms with Crippen LogP contribution in [0.2, 0.25) is 0 Å². The normalized spacial score (nSPS) is 15.3. The lowest BCUT2D eigenvalue weighted by Gasteiger charge is -2.06. The van der Waals surface area contributed by atoms with Gasteiger partial charge in [0.15, 0.2) is 5.78 Å². The molecule has 0 fully saturated rings. The van der Waals surface area contributed by atoms with E-state index in [-0.39, 0.29) is 6.42 Å². The van der Waals surface area contributed by atoms with Gasteiger partial charge in [0, 0.05) is 40.2 Å². The van der Waals surface area contributed by atoms with Crippen molar-refractivity contribution in [3.8, 4) is 11.4 Å². The Morgan fingerprint density at radius 2 is 1.85 bits per heavy atom. The van der Waals surface area contributed by atoms with Gasteiger partial charge in [-0.3, -0.25) is 14.8 Å². The molecule has 0 bridgehead atoms. The number of aryl methyl sites for hydroxylation is 1. The molecule has 0 aliphatic rings. The van der Waals surface area contributed by atoms with E-state index in [0.29, 0.717) is 11.4 Å².